The molecule has 0 saturated carbocycles. The number of hydrogen-bond donors (Lipinski definition) is 5. The van der Waals surface area contributed by atoms with Gasteiger partial charge in [-0.1, -0.05) is 172 Å². The van der Waals surface area contributed by atoms with Crippen molar-refractivity contribution in [3.05, 3.63) is 48.6 Å². The Hall–Kier alpha value is -1.96. The van der Waals surface area contributed by atoms with Crippen molar-refractivity contribution < 1.29 is 66.7 Å². The van der Waals surface area contributed by atoms with E-state index in [-0.39, 0.29) is 18.9 Å². The molecule has 0 aromatic heterocycles. The molecule has 4 atom stereocenters. The fraction of sp³-hybridized carbons (Fsp3) is 0.783. The highest BCUT2D eigenvalue weighted by Gasteiger charge is 2.28. The van der Waals surface area contributed by atoms with Gasteiger partial charge < -0.3 is 34.4 Å². The Kier molecular flexibility index (Phi) is 39.3. The number of phosphoric acid groups is 2. The smallest absolute Gasteiger partial charge is 0.462 e. The summed E-state index contributed by atoms with van der Waals surface area (Å²) in [6, 6.07) is 0. The van der Waals surface area contributed by atoms with E-state index in [9.17, 15) is 33.8 Å². The van der Waals surface area contributed by atoms with Crippen molar-refractivity contribution in [3.8, 4) is 0 Å². The Balaban J connectivity index is 4.58. The monoisotopic (exact) mass is 923 g/mol. The Labute approximate surface area is 373 Å². The van der Waals surface area contributed by atoms with Crippen LogP contribution in [0, 0.1) is 5.92 Å². The summed E-state index contributed by atoms with van der Waals surface area (Å²) in [5.41, 5.74) is 0. The highest BCUT2D eigenvalue weighted by molar-refractivity contribution is 7.47. The van der Waals surface area contributed by atoms with Gasteiger partial charge in [0.1, 0.15) is 12.7 Å². The Morgan fingerprint density at radius 2 is 1.03 bits per heavy atom. The van der Waals surface area contributed by atoms with E-state index in [2.05, 4.69) is 54.1 Å². The van der Waals surface area contributed by atoms with Crippen LogP contribution in [0.5, 0.6) is 0 Å². The molecule has 62 heavy (non-hydrogen) atoms. The molecule has 14 nitrogen and oxygen atoms in total. The second kappa shape index (κ2) is 40.5. The van der Waals surface area contributed by atoms with Gasteiger partial charge in [-0.05, 0) is 50.9 Å². The first kappa shape index (κ1) is 60.0. The third-order valence-electron chi connectivity index (χ3n) is 9.71. The molecule has 0 aliphatic rings. The van der Waals surface area contributed by atoms with Crippen LogP contribution in [0.25, 0.3) is 0 Å². The number of allylic oxidation sites excluding steroid dienone is 7. The maximum atomic E-state index is 12.7. The first-order valence-electron chi connectivity index (χ1n) is 23.3. The Morgan fingerprint density at radius 3 is 1.58 bits per heavy atom. The van der Waals surface area contributed by atoms with Crippen LogP contribution in [0.3, 0.4) is 0 Å². The predicted molar refractivity (Wildman–Crippen MR) is 245 cm³/mol. The fourth-order valence-electron chi connectivity index (χ4n) is 6.13. The van der Waals surface area contributed by atoms with Gasteiger partial charge in [0.25, 0.3) is 0 Å². The standard InChI is InChI=1S/C46H84O14P2/c1-4-5-33-42(47)34-29-25-21-17-13-10-11-14-18-22-26-30-35-45(49)56-39-44(40-59-62(54,55)58-38-43(48)37-57-61(51,52)53)60-46(50)36-31-27-23-19-15-9-7-6-8-12-16-20-24-28-32-41(2)3/h10-11,17-18,21-22,29,34,41-44,47-48H,4-9,12-16,19-20,23-28,30-33,35-40H2,1-3H3,(H,54,55)(H2,51,52,53)/b11-10-,21-17-,22-18-,34-29-/t42-,43-,44+/m0/s1. The molecule has 0 heterocycles. The van der Waals surface area contributed by atoms with E-state index in [0.29, 0.717) is 19.3 Å². The number of carbonyl (C=O) groups excluding carboxylic acids is 2. The molecule has 0 bridgehead atoms. The molecule has 16 heteroatoms. The molecule has 0 fully saturated rings. The van der Waals surface area contributed by atoms with E-state index >= 15 is 0 Å². The van der Waals surface area contributed by atoms with Gasteiger partial charge in [-0.3, -0.25) is 23.2 Å². The van der Waals surface area contributed by atoms with Gasteiger partial charge in [0.2, 0.25) is 0 Å². The topological polar surface area (TPSA) is 216 Å². The lowest BCUT2D eigenvalue weighted by molar-refractivity contribution is -0.161. The summed E-state index contributed by atoms with van der Waals surface area (Å²) in [6.07, 6.45) is 37.3. The normalized spacial score (nSPS) is 15.0. The van der Waals surface area contributed by atoms with Crippen LogP contribution < -0.4 is 0 Å². The molecule has 1 unspecified atom stereocenters. The van der Waals surface area contributed by atoms with Gasteiger partial charge >= 0.3 is 27.6 Å². The number of carbonyl (C=O) groups is 2. The first-order valence-corrected chi connectivity index (χ1v) is 26.3. The molecule has 0 saturated heterocycles. The summed E-state index contributed by atoms with van der Waals surface area (Å²) in [7, 11) is -9.70. The highest BCUT2D eigenvalue weighted by atomic mass is 31.2. The van der Waals surface area contributed by atoms with Crippen LogP contribution in [-0.4, -0.2) is 81.6 Å². The third kappa shape index (κ3) is 44.6. The van der Waals surface area contributed by atoms with Crippen molar-refractivity contribution >= 4 is 27.6 Å². The van der Waals surface area contributed by atoms with Crippen LogP contribution in [0.2, 0.25) is 0 Å². The van der Waals surface area contributed by atoms with E-state index in [0.717, 1.165) is 63.7 Å². The van der Waals surface area contributed by atoms with Gasteiger partial charge in [-0.25, -0.2) is 9.13 Å². The molecule has 0 rings (SSSR count). The SMILES string of the molecule is CCCC[C@H](O)/C=C\C/C=C\C/C=C\C/C=C\CCCC(=O)OC[C@H](COP(=O)(O)OC[C@@H](O)COP(=O)(O)O)OC(=O)CCCCCCCCCCCCCCCCC(C)C. The quantitative estimate of drug-likeness (QED) is 0.0166. The Bertz CT molecular complexity index is 1310. The van der Waals surface area contributed by atoms with Crippen molar-refractivity contribution in [2.75, 3.05) is 26.4 Å². The van der Waals surface area contributed by atoms with Crippen LogP contribution in [0.4, 0.5) is 0 Å². The van der Waals surface area contributed by atoms with E-state index in [1.165, 1.54) is 70.6 Å². The molecule has 0 aliphatic carbocycles. The van der Waals surface area contributed by atoms with Crippen LogP contribution >= 0.6 is 15.6 Å². The molecule has 0 radical (unpaired) electrons. The second-order valence-corrected chi connectivity index (χ2v) is 19.0. The maximum absolute atomic E-state index is 12.7. The molecule has 0 aliphatic heterocycles. The Morgan fingerprint density at radius 1 is 0.548 bits per heavy atom. The zero-order valence-electron chi connectivity index (χ0n) is 38.2. The number of ether oxygens (including phenoxy) is 2. The second-order valence-electron chi connectivity index (χ2n) is 16.3. The van der Waals surface area contributed by atoms with Gasteiger partial charge in [0.05, 0.1) is 25.9 Å². The highest BCUT2D eigenvalue weighted by Crippen LogP contribution is 2.43. The largest absolute Gasteiger partial charge is 0.472 e. The molecule has 0 aromatic rings. The van der Waals surface area contributed by atoms with Crippen LogP contribution in [0.1, 0.15) is 181 Å². The van der Waals surface area contributed by atoms with E-state index in [1.807, 2.05) is 24.3 Å². The molecule has 0 spiro atoms. The lowest BCUT2D eigenvalue weighted by atomic mass is 10.0. The van der Waals surface area contributed by atoms with Crippen molar-refractivity contribution in [2.45, 2.75) is 200 Å². The minimum Gasteiger partial charge on any atom is -0.462 e. The summed E-state index contributed by atoms with van der Waals surface area (Å²) in [6.45, 7) is 3.87. The average Bonchev–Trinajstić information content (AvgIpc) is 3.21. The van der Waals surface area contributed by atoms with E-state index in [1.54, 1.807) is 0 Å². The zero-order valence-corrected chi connectivity index (χ0v) is 40.0. The van der Waals surface area contributed by atoms with Crippen molar-refractivity contribution in [1.82, 2.24) is 0 Å². The van der Waals surface area contributed by atoms with Gasteiger partial charge in [0, 0.05) is 12.8 Å². The van der Waals surface area contributed by atoms with Gasteiger partial charge in [-0.15, -0.1) is 0 Å². The summed E-state index contributed by atoms with van der Waals surface area (Å²) in [5, 5.41) is 19.6. The average molecular weight is 923 g/mol. The number of rotatable bonds is 43. The van der Waals surface area contributed by atoms with E-state index < -0.39 is 66.2 Å². The number of hydrogen-bond acceptors (Lipinski definition) is 11. The number of unbranched alkanes of at least 4 members (excludes halogenated alkanes) is 15. The van der Waals surface area contributed by atoms with Crippen LogP contribution in [0.15, 0.2) is 48.6 Å². The van der Waals surface area contributed by atoms with Crippen LogP contribution in [-0.2, 0) is 41.8 Å². The fourth-order valence-corrected chi connectivity index (χ4v) is 7.29. The molecular formula is C46H84O14P2. The van der Waals surface area contributed by atoms with Gasteiger partial charge in [0.15, 0.2) is 6.10 Å². The van der Waals surface area contributed by atoms with Crippen molar-refractivity contribution in [1.29, 1.82) is 0 Å². The summed E-state index contributed by atoms with van der Waals surface area (Å²) in [4.78, 5) is 52.8. The number of esters is 2. The first-order chi connectivity index (χ1) is 29.6. The number of aliphatic hydroxyl groups excluding tert-OH is 2. The number of aliphatic hydroxyl groups is 2. The minimum absolute atomic E-state index is 0.103. The molecule has 0 amide bonds. The number of phosphoric ester groups is 2. The van der Waals surface area contributed by atoms with Gasteiger partial charge in [-0.2, -0.15) is 0 Å². The van der Waals surface area contributed by atoms with E-state index in [4.69, 9.17) is 23.8 Å². The molecule has 5 N–H and O–H groups in total. The molecule has 0 aromatic carbocycles. The van der Waals surface area contributed by atoms with Crippen molar-refractivity contribution in [3.63, 3.8) is 0 Å². The van der Waals surface area contributed by atoms with Crippen molar-refractivity contribution in [2.24, 2.45) is 5.92 Å². The maximum Gasteiger partial charge on any atom is 0.472 e. The lowest BCUT2D eigenvalue weighted by Crippen LogP contribution is -2.30. The summed E-state index contributed by atoms with van der Waals surface area (Å²) < 4.78 is 47.8. The lowest BCUT2D eigenvalue weighted by Gasteiger charge is -2.20. The summed E-state index contributed by atoms with van der Waals surface area (Å²) in [5.74, 6) is -0.313. The third-order valence-corrected chi connectivity index (χ3v) is 11.1. The zero-order chi connectivity index (χ0) is 46.2. The predicted octanol–water partition coefficient (Wildman–Crippen LogP) is 11.1. The minimum atomic E-state index is -4.87. The molecule has 362 valence electrons. The summed E-state index contributed by atoms with van der Waals surface area (Å²) >= 11 is 0. The molecular weight excluding hydrogens is 838 g/mol.